The Morgan fingerprint density at radius 2 is 0.972 bits per heavy atom. The van der Waals surface area contributed by atoms with Crippen LogP contribution in [0.2, 0.25) is 0 Å². The smallest absolute Gasteiger partial charge is 0.175 e. The lowest BCUT2D eigenvalue weighted by Gasteiger charge is -2.01. The van der Waals surface area contributed by atoms with Crippen LogP contribution in [0.25, 0.3) is 12.2 Å². The van der Waals surface area contributed by atoms with Crippen LogP contribution in [0.1, 0.15) is 100 Å². The van der Waals surface area contributed by atoms with Gasteiger partial charge in [0.05, 0.1) is 11.1 Å². The fourth-order valence-electron chi connectivity index (χ4n) is 3.58. The van der Waals surface area contributed by atoms with Crippen LogP contribution in [0, 0.1) is 47.0 Å². The topological polar surface area (TPSA) is 0 Å². The predicted molar refractivity (Wildman–Crippen MR) is 142 cm³/mol. The molecule has 0 spiro atoms. The molecule has 2 rings (SSSR count). The number of rotatable bonds is 12. The minimum atomic E-state index is -1.06. The fraction of sp³-hybridized carbons (Fsp3) is 0.375. The van der Waals surface area contributed by atoms with Gasteiger partial charge in [-0.3, -0.25) is 0 Å². The van der Waals surface area contributed by atoms with E-state index < -0.39 is 23.3 Å². The van der Waals surface area contributed by atoms with Crippen molar-refractivity contribution in [3.05, 3.63) is 81.9 Å². The van der Waals surface area contributed by atoms with Crippen LogP contribution < -0.4 is 0 Å². The van der Waals surface area contributed by atoms with E-state index in [0.717, 1.165) is 64.2 Å². The Bertz CT molecular complexity index is 1070. The molecule has 0 radical (unpaired) electrons. The van der Waals surface area contributed by atoms with E-state index >= 15 is 0 Å². The van der Waals surface area contributed by atoms with Gasteiger partial charge in [0.15, 0.2) is 23.3 Å². The number of hydrogen-bond acceptors (Lipinski definition) is 0. The number of benzene rings is 2. The van der Waals surface area contributed by atoms with Crippen molar-refractivity contribution in [2.24, 2.45) is 0 Å². The highest BCUT2D eigenvalue weighted by Gasteiger charge is 2.11. The molecule has 0 aliphatic carbocycles. The van der Waals surface area contributed by atoms with Crippen molar-refractivity contribution in [1.82, 2.24) is 0 Å². The number of allylic oxidation sites excluding steroid dienone is 2. The Balaban J connectivity index is 2.03. The molecular formula is C32H34F4. The minimum absolute atomic E-state index is 0.145. The van der Waals surface area contributed by atoms with Crippen molar-refractivity contribution in [2.45, 2.75) is 78.1 Å². The van der Waals surface area contributed by atoms with Gasteiger partial charge in [0.1, 0.15) is 0 Å². The molecule has 0 aromatic heterocycles. The van der Waals surface area contributed by atoms with E-state index in [-0.39, 0.29) is 22.3 Å². The van der Waals surface area contributed by atoms with Crippen molar-refractivity contribution in [3.63, 3.8) is 0 Å². The summed E-state index contributed by atoms with van der Waals surface area (Å²) in [4.78, 5) is 0. The summed E-state index contributed by atoms with van der Waals surface area (Å²) in [5.41, 5.74) is 0.0282. The third-order valence-electron chi connectivity index (χ3n) is 5.72. The normalized spacial score (nSPS) is 10.9. The van der Waals surface area contributed by atoms with Crippen LogP contribution >= 0.6 is 0 Å². The second kappa shape index (κ2) is 16.4. The van der Waals surface area contributed by atoms with Crippen LogP contribution in [-0.4, -0.2) is 0 Å². The van der Waals surface area contributed by atoms with Crippen LogP contribution in [0.15, 0.2) is 36.4 Å². The zero-order chi connectivity index (χ0) is 26.2. The first-order chi connectivity index (χ1) is 17.5. The van der Waals surface area contributed by atoms with E-state index in [2.05, 4.69) is 37.5 Å². The van der Waals surface area contributed by atoms with Crippen LogP contribution in [-0.2, 0) is 0 Å². The molecular weight excluding hydrogens is 460 g/mol. The van der Waals surface area contributed by atoms with Gasteiger partial charge < -0.3 is 0 Å². The Kier molecular flexibility index (Phi) is 13.2. The fourth-order valence-corrected chi connectivity index (χ4v) is 3.58. The Morgan fingerprint density at radius 3 is 1.36 bits per heavy atom. The molecule has 0 amide bonds. The molecule has 190 valence electrons. The summed E-state index contributed by atoms with van der Waals surface area (Å²) in [6.45, 7) is 4.27. The SMILES string of the molecule is CCCCCC/C=C/c1ccc(C#CC#Cc2ccc(/C=C/CCCCCC)c(F)c2F)c(F)c1F. The van der Waals surface area contributed by atoms with Gasteiger partial charge in [0.25, 0.3) is 0 Å². The first-order valence-electron chi connectivity index (χ1n) is 12.8. The molecule has 4 heteroatoms. The lowest BCUT2D eigenvalue weighted by Crippen LogP contribution is -1.93. The summed E-state index contributed by atoms with van der Waals surface area (Å²) >= 11 is 0. The van der Waals surface area contributed by atoms with Gasteiger partial charge in [-0.15, -0.1) is 0 Å². The van der Waals surface area contributed by atoms with Gasteiger partial charge in [0, 0.05) is 11.1 Å². The van der Waals surface area contributed by atoms with E-state index in [1.54, 1.807) is 12.2 Å². The number of unbranched alkanes of at least 4 members (excludes halogenated alkanes) is 8. The average molecular weight is 495 g/mol. The van der Waals surface area contributed by atoms with Gasteiger partial charge in [-0.1, -0.05) is 88.8 Å². The van der Waals surface area contributed by atoms with Crippen LogP contribution in [0.4, 0.5) is 17.6 Å². The monoisotopic (exact) mass is 494 g/mol. The zero-order valence-corrected chi connectivity index (χ0v) is 21.2. The third kappa shape index (κ3) is 9.43. The van der Waals surface area contributed by atoms with Gasteiger partial charge in [-0.25, -0.2) is 17.6 Å². The lowest BCUT2D eigenvalue weighted by atomic mass is 10.1. The Labute approximate surface area is 213 Å². The number of halogens is 4. The molecule has 2 aromatic rings. The highest BCUT2D eigenvalue weighted by molar-refractivity contribution is 5.55. The molecule has 2 aromatic carbocycles. The van der Waals surface area contributed by atoms with Gasteiger partial charge >= 0.3 is 0 Å². The maximum absolute atomic E-state index is 14.4. The summed E-state index contributed by atoms with van der Waals surface area (Å²) in [5.74, 6) is 5.62. The first kappa shape index (κ1) is 29.0. The molecule has 0 bridgehead atoms. The highest BCUT2D eigenvalue weighted by atomic mass is 19.2. The van der Waals surface area contributed by atoms with Crippen molar-refractivity contribution in [2.75, 3.05) is 0 Å². The minimum Gasteiger partial charge on any atom is -0.203 e. The molecule has 0 aliphatic rings. The maximum atomic E-state index is 14.4. The molecule has 0 unspecified atom stereocenters. The molecule has 0 atom stereocenters. The van der Waals surface area contributed by atoms with Crippen LogP contribution in [0.5, 0.6) is 0 Å². The van der Waals surface area contributed by atoms with E-state index in [1.807, 2.05) is 12.2 Å². The van der Waals surface area contributed by atoms with Gasteiger partial charge in [-0.05, 0) is 61.5 Å². The summed E-state index contributed by atoms with van der Waals surface area (Å²) in [6.07, 6.45) is 17.3. The van der Waals surface area contributed by atoms with Crippen molar-refractivity contribution in [1.29, 1.82) is 0 Å². The molecule has 0 saturated carbocycles. The summed E-state index contributed by atoms with van der Waals surface area (Å²) in [5, 5.41) is 0. The largest absolute Gasteiger partial charge is 0.203 e. The molecule has 0 N–H and O–H groups in total. The van der Waals surface area contributed by atoms with Crippen molar-refractivity contribution < 1.29 is 17.6 Å². The van der Waals surface area contributed by atoms with Crippen molar-refractivity contribution >= 4 is 12.2 Å². The number of hydrogen-bond donors (Lipinski definition) is 0. The van der Waals surface area contributed by atoms with E-state index in [0.29, 0.717) is 0 Å². The molecule has 0 fully saturated rings. The summed E-state index contributed by atoms with van der Waals surface area (Å²) in [6, 6.07) is 5.69. The average Bonchev–Trinajstić information content (AvgIpc) is 2.88. The molecule has 0 aliphatic heterocycles. The standard InChI is InChI=1S/C32H34F4/c1-3-5-7-9-11-13-17-25-21-23-27(31(35)29(25)33)19-15-16-20-28-24-22-26(30(34)32(28)36)18-14-12-10-8-6-4-2/h13-14,17-18,21-24H,3-12H2,1-2H3/b17-13+,18-14+. The quantitative estimate of drug-likeness (QED) is 0.157. The van der Waals surface area contributed by atoms with Gasteiger partial charge in [-0.2, -0.15) is 0 Å². The molecule has 0 saturated heterocycles. The van der Waals surface area contributed by atoms with Gasteiger partial charge in [0.2, 0.25) is 0 Å². The van der Waals surface area contributed by atoms with E-state index in [4.69, 9.17) is 0 Å². The Morgan fingerprint density at radius 1 is 0.556 bits per heavy atom. The first-order valence-corrected chi connectivity index (χ1v) is 12.8. The zero-order valence-electron chi connectivity index (χ0n) is 21.2. The maximum Gasteiger partial charge on any atom is 0.175 e. The van der Waals surface area contributed by atoms with Crippen LogP contribution in [0.3, 0.4) is 0 Å². The molecule has 36 heavy (non-hydrogen) atoms. The summed E-state index contributed by atoms with van der Waals surface area (Å²) < 4.78 is 57.4. The molecule has 0 heterocycles. The lowest BCUT2D eigenvalue weighted by molar-refractivity contribution is 0.505. The predicted octanol–water partition coefficient (Wildman–Crippen LogP) is 9.61. The Hall–Kier alpha value is -3.24. The molecule has 0 nitrogen and oxygen atoms in total. The second-order valence-corrected chi connectivity index (χ2v) is 8.66. The second-order valence-electron chi connectivity index (χ2n) is 8.66. The van der Waals surface area contributed by atoms with E-state index in [1.165, 1.54) is 24.3 Å². The van der Waals surface area contributed by atoms with Crippen molar-refractivity contribution in [3.8, 4) is 23.7 Å². The third-order valence-corrected chi connectivity index (χ3v) is 5.72. The van der Waals surface area contributed by atoms with E-state index in [9.17, 15) is 17.6 Å². The highest BCUT2D eigenvalue weighted by Crippen LogP contribution is 2.19. The summed E-state index contributed by atoms with van der Waals surface area (Å²) in [7, 11) is 0.